The van der Waals surface area contributed by atoms with Gasteiger partial charge in [-0.2, -0.15) is 0 Å². The van der Waals surface area contributed by atoms with Gasteiger partial charge >= 0.3 is 0 Å². The molecule has 0 spiro atoms. The second-order valence-electron chi connectivity index (χ2n) is 8.56. The van der Waals surface area contributed by atoms with Gasteiger partial charge in [-0.25, -0.2) is 0 Å². The average Bonchev–Trinajstić information content (AvgIpc) is 2.65. The Morgan fingerprint density at radius 2 is 0.615 bits per heavy atom. The van der Waals surface area contributed by atoms with Gasteiger partial charge in [-0.3, -0.25) is 0 Å². The van der Waals surface area contributed by atoms with Crippen LogP contribution in [0.25, 0.3) is 0 Å². The summed E-state index contributed by atoms with van der Waals surface area (Å²) in [6.07, 6.45) is 27.2. The Balaban J connectivity index is 3.25. The van der Waals surface area contributed by atoms with Crippen LogP contribution >= 0.6 is 0 Å². The summed E-state index contributed by atoms with van der Waals surface area (Å²) in [5.74, 6) is 0. The molecule has 0 saturated heterocycles. The summed E-state index contributed by atoms with van der Waals surface area (Å²) in [6, 6.07) is 0.433. The standard InChI is InChI=1S/C24H52N2/c1-3-5-7-9-10-11-12-13-14-15-16-18-20-22-24(26)23(25)21-19-17-8-6-4-2/h23-24H,3-22,25-26H2,1-2H3. The zero-order valence-electron chi connectivity index (χ0n) is 18.5. The number of hydrogen-bond acceptors (Lipinski definition) is 2. The van der Waals surface area contributed by atoms with E-state index in [9.17, 15) is 0 Å². The zero-order chi connectivity index (χ0) is 19.3. The lowest BCUT2D eigenvalue weighted by molar-refractivity contribution is 0.429. The number of nitrogens with two attached hydrogens (primary N) is 2. The van der Waals surface area contributed by atoms with Crippen LogP contribution in [0.1, 0.15) is 142 Å². The predicted octanol–water partition coefficient (Wildman–Crippen LogP) is 7.48. The molecule has 0 fully saturated rings. The topological polar surface area (TPSA) is 52.0 Å². The minimum atomic E-state index is 0.217. The lowest BCUT2D eigenvalue weighted by Gasteiger charge is -2.19. The molecule has 0 radical (unpaired) electrons. The lowest BCUT2D eigenvalue weighted by Crippen LogP contribution is -2.41. The van der Waals surface area contributed by atoms with Crippen LogP contribution in [0.3, 0.4) is 0 Å². The van der Waals surface area contributed by atoms with Crippen LogP contribution in [0, 0.1) is 0 Å². The molecule has 2 unspecified atom stereocenters. The van der Waals surface area contributed by atoms with Gasteiger partial charge in [0, 0.05) is 12.1 Å². The molecular formula is C24H52N2. The van der Waals surface area contributed by atoms with Gasteiger partial charge in [0.05, 0.1) is 0 Å². The van der Waals surface area contributed by atoms with Crippen LogP contribution in [0.15, 0.2) is 0 Å². The van der Waals surface area contributed by atoms with E-state index < -0.39 is 0 Å². The maximum atomic E-state index is 6.27. The third-order valence-corrected chi connectivity index (χ3v) is 5.83. The van der Waals surface area contributed by atoms with Crippen molar-refractivity contribution in [2.75, 3.05) is 0 Å². The van der Waals surface area contributed by atoms with Crippen molar-refractivity contribution in [3.05, 3.63) is 0 Å². The highest BCUT2D eigenvalue weighted by Crippen LogP contribution is 2.14. The fourth-order valence-corrected chi connectivity index (χ4v) is 3.81. The molecule has 26 heavy (non-hydrogen) atoms. The Kier molecular flexibility index (Phi) is 21.2. The van der Waals surface area contributed by atoms with Gasteiger partial charge in [0.1, 0.15) is 0 Å². The average molecular weight is 369 g/mol. The first-order valence-corrected chi connectivity index (χ1v) is 12.2. The first-order chi connectivity index (χ1) is 12.7. The van der Waals surface area contributed by atoms with E-state index >= 15 is 0 Å². The van der Waals surface area contributed by atoms with Gasteiger partial charge in [0.2, 0.25) is 0 Å². The zero-order valence-corrected chi connectivity index (χ0v) is 18.5. The normalized spacial score (nSPS) is 13.8. The van der Waals surface area contributed by atoms with Crippen molar-refractivity contribution in [2.24, 2.45) is 11.5 Å². The Bertz CT molecular complexity index is 255. The summed E-state index contributed by atoms with van der Waals surface area (Å²) < 4.78 is 0. The van der Waals surface area contributed by atoms with E-state index in [0.29, 0.717) is 0 Å². The highest BCUT2D eigenvalue weighted by Gasteiger charge is 2.12. The van der Waals surface area contributed by atoms with Gasteiger partial charge in [0.15, 0.2) is 0 Å². The van der Waals surface area contributed by atoms with E-state index in [1.807, 2.05) is 0 Å². The van der Waals surface area contributed by atoms with Gasteiger partial charge in [0.25, 0.3) is 0 Å². The van der Waals surface area contributed by atoms with Crippen molar-refractivity contribution in [1.82, 2.24) is 0 Å². The third-order valence-electron chi connectivity index (χ3n) is 5.83. The predicted molar refractivity (Wildman–Crippen MR) is 120 cm³/mol. The molecule has 0 aromatic heterocycles. The van der Waals surface area contributed by atoms with E-state index in [-0.39, 0.29) is 12.1 Å². The Morgan fingerprint density at radius 1 is 0.385 bits per heavy atom. The van der Waals surface area contributed by atoms with Gasteiger partial charge in [-0.15, -0.1) is 0 Å². The van der Waals surface area contributed by atoms with Crippen LogP contribution in [-0.4, -0.2) is 12.1 Å². The van der Waals surface area contributed by atoms with Crippen molar-refractivity contribution in [2.45, 2.75) is 154 Å². The van der Waals surface area contributed by atoms with Gasteiger partial charge in [-0.05, 0) is 12.8 Å². The molecule has 0 aliphatic heterocycles. The smallest absolute Gasteiger partial charge is 0.0192 e. The maximum Gasteiger partial charge on any atom is 0.0192 e. The van der Waals surface area contributed by atoms with Crippen molar-refractivity contribution in [3.63, 3.8) is 0 Å². The van der Waals surface area contributed by atoms with Crippen LogP contribution in [0.2, 0.25) is 0 Å². The van der Waals surface area contributed by atoms with E-state index in [0.717, 1.165) is 12.8 Å². The second kappa shape index (κ2) is 21.2. The fraction of sp³-hybridized carbons (Fsp3) is 1.00. The molecule has 0 saturated carbocycles. The van der Waals surface area contributed by atoms with Crippen molar-refractivity contribution >= 4 is 0 Å². The second-order valence-corrected chi connectivity index (χ2v) is 8.56. The number of unbranched alkanes of at least 4 members (excludes halogenated alkanes) is 16. The van der Waals surface area contributed by atoms with E-state index in [1.165, 1.54) is 116 Å². The monoisotopic (exact) mass is 368 g/mol. The highest BCUT2D eigenvalue weighted by molar-refractivity contribution is 4.75. The van der Waals surface area contributed by atoms with Gasteiger partial charge in [-0.1, -0.05) is 129 Å². The molecule has 2 atom stereocenters. The molecule has 2 heteroatoms. The first-order valence-electron chi connectivity index (χ1n) is 12.2. The first kappa shape index (κ1) is 25.9. The van der Waals surface area contributed by atoms with Crippen molar-refractivity contribution in [3.8, 4) is 0 Å². The van der Waals surface area contributed by atoms with E-state index in [4.69, 9.17) is 11.5 Å². The molecule has 158 valence electrons. The molecule has 0 aromatic rings. The third kappa shape index (κ3) is 18.7. The summed E-state index contributed by atoms with van der Waals surface area (Å²) in [4.78, 5) is 0. The molecule has 0 heterocycles. The summed E-state index contributed by atoms with van der Waals surface area (Å²) in [6.45, 7) is 4.55. The summed E-state index contributed by atoms with van der Waals surface area (Å²) in [7, 11) is 0. The molecule has 0 bridgehead atoms. The van der Waals surface area contributed by atoms with E-state index in [1.54, 1.807) is 0 Å². The number of hydrogen-bond donors (Lipinski definition) is 2. The van der Waals surface area contributed by atoms with Crippen molar-refractivity contribution < 1.29 is 0 Å². The highest BCUT2D eigenvalue weighted by atomic mass is 14.8. The fourth-order valence-electron chi connectivity index (χ4n) is 3.81. The molecule has 0 aliphatic rings. The molecule has 0 amide bonds. The van der Waals surface area contributed by atoms with Crippen LogP contribution in [0.5, 0.6) is 0 Å². The quantitative estimate of drug-likeness (QED) is 0.206. The Labute approximate surface area is 166 Å². The van der Waals surface area contributed by atoms with E-state index in [2.05, 4.69) is 13.8 Å². The van der Waals surface area contributed by atoms with Crippen molar-refractivity contribution in [1.29, 1.82) is 0 Å². The minimum Gasteiger partial charge on any atom is -0.326 e. The van der Waals surface area contributed by atoms with Crippen LogP contribution in [-0.2, 0) is 0 Å². The molecule has 0 rings (SSSR count). The molecular weight excluding hydrogens is 316 g/mol. The van der Waals surface area contributed by atoms with Crippen LogP contribution < -0.4 is 11.5 Å². The largest absolute Gasteiger partial charge is 0.326 e. The lowest BCUT2D eigenvalue weighted by atomic mass is 9.97. The Hall–Kier alpha value is -0.0800. The summed E-state index contributed by atoms with van der Waals surface area (Å²) in [5, 5.41) is 0. The minimum absolute atomic E-state index is 0.217. The molecule has 4 N–H and O–H groups in total. The van der Waals surface area contributed by atoms with Crippen LogP contribution in [0.4, 0.5) is 0 Å². The maximum absolute atomic E-state index is 6.27. The van der Waals surface area contributed by atoms with Gasteiger partial charge < -0.3 is 11.5 Å². The molecule has 2 nitrogen and oxygen atoms in total. The molecule has 0 aliphatic carbocycles. The molecule has 0 aromatic carbocycles. The Morgan fingerprint density at radius 3 is 0.885 bits per heavy atom. The SMILES string of the molecule is CCCCCCCCCCCCCCCC(N)C(N)CCCCCCC. The summed E-state index contributed by atoms with van der Waals surface area (Å²) >= 11 is 0. The number of rotatable bonds is 21. The summed E-state index contributed by atoms with van der Waals surface area (Å²) in [5.41, 5.74) is 12.5.